The first kappa shape index (κ1) is 16.5. The molecule has 0 heterocycles. The predicted octanol–water partition coefficient (Wildman–Crippen LogP) is 2.06. The minimum Gasteiger partial charge on any atom is -0.452 e. The molecule has 0 unspecified atom stereocenters. The first-order chi connectivity index (χ1) is 11.1. The monoisotopic (exact) mass is 311 g/mol. The second kappa shape index (κ2) is 7.42. The van der Waals surface area contributed by atoms with E-state index in [0.29, 0.717) is 18.4 Å². The number of hydrogen-bond donors (Lipinski definition) is 1. The lowest BCUT2D eigenvalue weighted by Gasteiger charge is -2.31. The van der Waals surface area contributed by atoms with Crippen LogP contribution in [0.2, 0.25) is 0 Å². The molecule has 118 valence electrons. The maximum Gasteiger partial charge on any atom is 0.338 e. The Hall–Kier alpha value is -2.86. The maximum atomic E-state index is 11.9. The molecule has 1 aromatic carbocycles. The molecule has 1 saturated carbocycles. The molecule has 1 fully saturated rings. The number of esters is 1. The van der Waals surface area contributed by atoms with Crippen LogP contribution in [0.15, 0.2) is 24.3 Å². The van der Waals surface area contributed by atoms with Crippen LogP contribution in [0.4, 0.5) is 0 Å². The van der Waals surface area contributed by atoms with Gasteiger partial charge in [-0.15, -0.1) is 0 Å². The van der Waals surface area contributed by atoms with Gasteiger partial charge in [-0.3, -0.25) is 4.79 Å². The van der Waals surface area contributed by atoms with Crippen LogP contribution < -0.4 is 5.32 Å². The van der Waals surface area contributed by atoms with Crippen molar-refractivity contribution in [3.8, 4) is 12.1 Å². The van der Waals surface area contributed by atoms with Gasteiger partial charge >= 0.3 is 5.97 Å². The molecule has 2 rings (SSSR count). The number of ether oxygens (including phenoxy) is 1. The Kier molecular flexibility index (Phi) is 5.32. The zero-order chi connectivity index (χ0) is 16.7. The second-order valence-corrected chi connectivity index (χ2v) is 5.57. The summed E-state index contributed by atoms with van der Waals surface area (Å²) in [6, 6.07) is 10.1. The van der Waals surface area contributed by atoms with Crippen LogP contribution in [0.3, 0.4) is 0 Å². The zero-order valence-electron chi connectivity index (χ0n) is 12.7. The molecule has 0 saturated heterocycles. The molecule has 1 aliphatic rings. The summed E-state index contributed by atoms with van der Waals surface area (Å²) in [5, 5.41) is 20.7. The molecule has 1 aromatic rings. The van der Waals surface area contributed by atoms with Crippen LogP contribution >= 0.6 is 0 Å². The summed E-state index contributed by atoms with van der Waals surface area (Å²) in [6.07, 6.45) is 4.11. The van der Waals surface area contributed by atoms with Gasteiger partial charge in [0.15, 0.2) is 6.61 Å². The second-order valence-electron chi connectivity index (χ2n) is 5.57. The fraction of sp³-hybridized carbons (Fsp3) is 0.412. The quantitative estimate of drug-likeness (QED) is 0.857. The van der Waals surface area contributed by atoms with E-state index < -0.39 is 24.0 Å². The third-order valence-corrected chi connectivity index (χ3v) is 3.88. The molecule has 0 aliphatic heterocycles. The highest BCUT2D eigenvalue weighted by Gasteiger charge is 2.33. The summed E-state index contributed by atoms with van der Waals surface area (Å²) < 4.78 is 4.95. The van der Waals surface area contributed by atoms with Crippen LogP contribution in [0, 0.1) is 22.7 Å². The first-order valence-electron chi connectivity index (χ1n) is 7.48. The van der Waals surface area contributed by atoms with E-state index in [9.17, 15) is 14.9 Å². The maximum absolute atomic E-state index is 11.9. The molecular weight excluding hydrogens is 294 g/mol. The van der Waals surface area contributed by atoms with Gasteiger partial charge in [0, 0.05) is 0 Å². The Balaban J connectivity index is 1.87. The predicted molar refractivity (Wildman–Crippen MR) is 81.0 cm³/mol. The van der Waals surface area contributed by atoms with Crippen molar-refractivity contribution in [2.75, 3.05) is 6.61 Å². The number of nitriles is 2. The van der Waals surface area contributed by atoms with Crippen LogP contribution in [0.1, 0.15) is 48.0 Å². The topological polar surface area (TPSA) is 103 Å². The summed E-state index contributed by atoms with van der Waals surface area (Å²) in [4.78, 5) is 23.8. The van der Waals surface area contributed by atoms with Gasteiger partial charge in [0.2, 0.25) is 0 Å². The van der Waals surface area contributed by atoms with E-state index >= 15 is 0 Å². The van der Waals surface area contributed by atoms with Crippen molar-refractivity contribution < 1.29 is 14.3 Å². The Morgan fingerprint density at radius 3 is 2.35 bits per heavy atom. The van der Waals surface area contributed by atoms with Crippen LogP contribution in [-0.2, 0) is 9.53 Å². The molecule has 1 N–H and O–H groups in total. The Labute approximate surface area is 134 Å². The van der Waals surface area contributed by atoms with Crippen molar-refractivity contribution in [2.45, 2.75) is 37.6 Å². The van der Waals surface area contributed by atoms with Gasteiger partial charge in [-0.1, -0.05) is 19.3 Å². The summed E-state index contributed by atoms with van der Waals surface area (Å²) in [5.41, 5.74) is -0.132. The average molecular weight is 311 g/mol. The standard InChI is InChI=1S/C17H17N3O3/c18-10-13-4-6-14(7-5-13)16(22)23-11-15(21)20-17(12-19)8-2-1-3-9-17/h4-7H,1-3,8-9,11H2,(H,20,21). The SMILES string of the molecule is N#Cc1ccc(C(=O)OCC(=O)NC2(C#N)CCCCC2)cc1. The van der Waals surface area contributed by atoms with Gasteiger partial charge in [0.05, 0.1) is 23.3 Å². The van der Waals surface area contributed by atoms with Gasteiger partial charge in [-0.2, -0.15) is 10.5 Å². The Morgan fingerprint density at radius 2 is 1.78 bits per heavy atom. The van der Waals surface area contributed by atoms with E-state index in [-0.39, 0.29) is 5.56 Å². The zero-order valence-corrected chi connectivity index (χ0v) is 12.7. The highest BCUT2D eigenvalue weighted by Crippen LogP contribution is 2.27. The number of nitrogens with one attached hydrogen (secondary N) is 1. The van der Waals surface area contributed by atoms with E-state index in [1.165, 1.54) is 24.3 Å². The fourth-order valence-electron chi connectivity index (χ4n) is 2.62. The van der Waals surface area contributed by atoms with Gasteiger partial charge < -0.3 is 10.1 Å². The van der Waals surface area contributed by atoms with E-state index in [4.69, 9.17) is 10.00 Å². The van der Waals surface area contributed by atoms with Crippen LogP contribution in [0.25, 0.3) is 0 Å². The Bertz CT molecular complexity index is 662. The molecule has 0 radical (unpaired) electrons. The molecule has 1 aliphatic carbocycles. The number of carbonyl (C=O) groups excluding carboxylic acids is 2. The van der Waals surface area contributed by atoms with Crippen molar-refractivity contribution >= 4 is 11.9 Å². The minimum atomic E-state index is -0.837. The first-order valence-corrected chi connectivity index (χ1v) is 7.48. The molecule has 23 heavy (non-hydrogen) atoms. The van der Waals surface area contributed by atoms with E-state index in [2.05, 4.69) is 11.4 Å². The molecule has 6 heteroatoms. The van der Waals surface area contributed by atoms with Crippen molar-refractivity contribution in [1.82, 2.24) is 5.32 Å². The van der Waals surface area contributed by atoms with E-state index in [1.807, 2.05) is 6.07 Å². The highest BCUT2D eigenvalue weighted by atomic mass is 16.5. The molecular formula is C17H17N3O3. The largest absolute Gasteiger partial charge is 0.452 e. The lowest BCUT2D eigenvalue weighted by atomic mass is 9.83. The number of carbonyl (C=O) groups is 2. The van der Waals surface area contributed by atoms with Crippen LogP contribution in [-0.4, -0.2) is 24.0 Å². The van der Waals surface area contributed by atoms with Crippen molar-refractivity contribution in [3.63, 3.8) is 0 Å². The summed E-state index contributed by atoms with van der Waals surface area (Å²) in [7, 11) is 0. The molecule has 0 bridgehead atoms. The number of nitrogens with zero attached hydrogens (tertiary/aromatic N) is 2. The van der Waals surface area contributed by atoms with E-state index in [0.717, 1.165) is 19.3 Å². The summed E-state index contributed by atoms with van der Waals surface area (Å²) in [6.45, 7) is -0.428. The molecule has 0 atom stereocenters. The van der Waals surface area contributed by atoms with Crippen molar-refractivity contribution in [3.05, 3.63) is 35.4 Å². The van der Waals surface area contributed by atoms with Crippen LogP contribution in [0.5, 0.6) is 0 Å². The van der Waals surface area contributed by atoms with Gasteiger partial charge in [-0.25, -0.2) is 4.79 Å². The summed E-state index contributed by atoms with van der Waals surface area (Å²) >= 11 is 0. The number of rotatable bonds is 4. The number of benzene rings is 1. The molecule has 6 nitrogen and oxygen atoms in total. The molecule has 0 spiro atoms. The van der Waals surface area contributed by atoms with Gasteiger partial charge in [0.1, 0.15) is 5.54 Å². The third kappa shape index (κ3) is 4.31. The lowest BCUT2D eigenvalue weighted by molar-refractivity contribution is -0.125. The molecule has 1 amide bonds. The van der Waals surface area contributed by atoms with Crippen molar-refractivity contribution in [2.24, 2.45) is 0 Å². The number of hydrogen-bond acceptors (Lipinski definition) is 5. The third-order valence-electron chi connectivity index (χ3n) is 3.88. The normalized spacial score (nSPS) is 15.7. The fourth-order valence-corrected chi connectivity index (χ4v) is 2.62. The average Bonchev–Trinajstić information content (AvgIpc) is 2.60. The highest BCUT2D eigenvalue weighted by molar-refractivity contribution is 5.91. The summed E-state index contributed by atoms with van der Waals surface area (Å²) in [5.74, 6) is -1.12. The minimum absolute atomic E-state index is 0.268. The van der Waals surface area contributed by atoms with E-state index in [1.54, 1.807) is 0 Å². The van der Waals surface area contributed by atoms with Gasteiger partial charge in [0.25, 0.3) is 5.91 Å². The lowest BCUT2D eigenvalue weighted by Crippen LogP contribution is -2.50. The van der Waals surface area contributed by atoms with Crippen molar-refractivity contribution in [1.29, 1.82) is 10.5 Å². The number of amides is 1. The smallest absolute Gasteiger partial charge is 0.338 e. The molecule has 0 aromatic heterocycles. The Morgan fingerprint density at radius 1 is 1.13 bits per heavy atom. The van der Waals surface area contributed by atoms with Gasteiger partial charge in [-0.05, 0) is 37.1 Å².